The first-order chi connectivity index (χ1) is 11.4. The van der Waals surface area contributed by atoms with Crippen molar-refractivity contribution in [3.05, 3.63) is 36.5 Å². The van der Waals surface area contributed by atoms with Gasteiger partial charge in [-0.15, -0.1) is 0 Å². The first kappa shape index (κ1) is 14.3. The highest BCUT2D eigenvalue weighted by molar-refractivity contribution is 5.78. The monoisotopic (exact) mass is 311 g/mol. The Bertz CT molecular complexity index is 709. The first-order valence-electron chi connectivity index (χ1n) is 8.10. The number of ether oxygens (including phenoxy) is 1. The van der Waals surface area contributed by atoms with Crippen LogP contribution in [0.4, 0.5) is 5.82 Å². The van der Waals surface area contributed by atoms with Crippen molar-refractivity contribution in [3.8, 4) is 16.9 Å². The van der Waals surface area contributed by atoms with E-state index in [1.807, 2.05) is 29.2 Å². The molecule has 2 aliphatic rings. The third-order valence-electron chi connectivity index (χ3n) is 4.09. The topological polar surface area (TPSA) is 63.1 Å². The zero-order valence-corrected chi connectivity index (χ0v) is 13.0. The number of anilines is 1. The lowest BCUT2D eigenvalue weighted by atomic mass is 10.1. The molecule has 2 aliphatic heterocycles. The number of rotatable bonds is 0. The standard InChI is InChI=1S/C17H21N5O/c1-3-13-11-14(4-1)23-10-8-18-6-2-7-19-16-5-9-22-17(21-16)15(13)12-20-22/h1,3-5,9,11-12,16,18-19,21H,2,6-8,10H2. The Kier molecular flexibility index (Phi) is 4.00. The smallest absolute Gasteiger partial charge is 0.138 e. The van der Waals surface area contributed by atoms with Gasteiger partial charge in [-0.05, 0) is 43.3 Å². The molecular formula is C17H21N5O. The third-order valence-corrected chi connectivity index (χ3v) is 4.09. The van der Waals surface area contributed by atoms with Crippen LogP contribution in [0.5, 0.6) is 5.75 Å². The Morgan fingerprint density at radius 3 is 3.22 bits per heavy atom. The van der Waals surface area contributed by atoms with E-state index in [0.29, 0.717) is 6.61 Å². The number of nitrogens with one attached hydrogen (secondary N) is 3. The molecule has 0 aliphatic carbocycles. The summed E-state index contributed by atoms with van der Waals surface area (Å²) in [7, 11) is 0. The zero-order chi connectivity index (χ0) is 15.5. The summed E-state index contributed by atoms with van der Waals surface area (Å²) in [6.45, 7) is 3.46. The number of hydrogen-bond acceptors (Lipinski definition) is 5. The average molecular weight is 311 g/mol. The Balaban J connectivity index is 1.68. The van der Waals surface area contributed by atoms with Gasteiger partial charge in [-0.1, -0.05) is 12.1 Å². The fraction of sp³-hybridized carbons (Fsp3) is 0.353. The van der Waals surface area contributed by atoms with Crippen molar-refractivity contribution in [2.45, 2.75) is 12.6 Å². The molecular weight excluding hydrogens is 290 g/mol. The normalized spacial score (nSPS) is 20.8. The molecule has 0 saturated carbocycles. The molecule has 23 heavy (non-hydrogen) atoms. The van der Waals surface area contributed by atoms with Gasteiger partial charge >= 0.3 is 0 Å². The summed E-state index contributed by atoms with van der Waals surface area (Å²) >= 11 is 0. The first-order valence-corrected chi connectivity index (χ1v) is 8.10. The van der Waals surface area contributed by atoms with Gasteiger partial charge < -0.3 is 15.4 Å². The second-order valence-corrected chi connectivity index (χ2v) is 5.75. The molecule has 3 N–H and O–H groups in total. The van der Waals surface area contributed by atoms with Gasteiger partial charge in [0.1, 0.15) is 18.2 Å². The highest BCUT2D eigenvalue weighted by atomic mass is 16.5. The summed E-state index contributed by atoms with van der Waals surface area (Å²) < 4.78 is 7.72. The lowest BCUT2D eigenvalue weighted by molar-refractivity contribution is 0.314. The number of nitrogens with zero attached hydrogens (tertiary/aromatic N) is 2. The average Bonchev–Trinajstić information content (AvgIpc) is 3.00. The predicted octanol–water partition coefficient (Wildman–Crippen LogP) is 1.73. The summed E-state index contributed by atoms with van der Waals surface area (Å²) in [4.78, 5) is 0. The van der Waals surface area contributed by atoms with Crippen LogP contribution in [-0.2, 0) is 0 Å². The molecule has 6 heteroatoms. The summed E-state index contributed by atoms with van der Waals surface area (Å²) in [6, 6.07) is 8.17. The van der Waals surface area contributed by atoms with E-state index < -0.39 is 0 Å². The number of benzene rings is 1. The van der Waals surface area contributed by atoms with Gasteiger partial charge in [0.25, 0.3) is 0 Å². The molecule has 1 atom stereocenters. The lowest BCUT2D eigenvalue weighted by Crippen LogP contribution is -2.38. The molecule has 120 valence electrons. The van der Waals surface area contributed by atoms with E-state index in [4.69, 9.17) is 4.74 Å². The Morgan fingerprint density at radius 1 is 1.22 bits per heavy atom. The lowest BCUT2D eigenvalue weighted by Gasteiger charge is -2.23. The third kappa shape index (κ3) is 3.09. The van der Waals surface area contributed by atoms with Crippen molar-refractivity contribution in [1.29, 1.82) is 0 Å². The quantitative estimate of drug-likeness (QED) is 0.692. The second kappa shape index (κ2) is 6.44. The van der Waals surface area contributed by atoms with Crippen LogP contribution in [0.2, 0.25) is 0 Å². The summed E-state index contributed by atoms with van der Waals surface area (Å²) in [6.07, 6.45) is 7.19. The van der Waals surface area contributed by atoms with E-state index >= 15 is 0 Å². The van der Waals surface area contributed by atoms with Crippen molar-refractivity contribution >= 4 is 12.0 Å². The van der Waals surface area contributed by atoms with E-state index in [-0.39, 0.29) is 6.17 Å². The fourth-order valence-electron chi connectivity index (χ4n) is 2.90. The van der Waals surface area contributed by atoms with Gasteiger partial charge in [0.15, 0.2) is 0 Å². The molecule has 0 fully saturated rings. The minimum absolute atomic E-state index is 0.127. The van der Waals surface area contributed by atoms with Crippen LogP contribution in [0.3, 0.4) is 0 Å². The molecule has 0 saturated heterocycles. The van der Waals surface area contributed by atoms with Crippen LogP contribution in [-0.4, -0.2) is 42.2 Å². The fourth-order valence-corrected chi connectivity index (χ4v) is 2.90. The predicted molar refractivity (Wildman–Crippen MR) is 91.4 cm³/mol. The molecule has 2 aromatic rings. The molecule has 0 amide bonds. The van der Waals surface area contributed by atoms with Crippen LogP contribution in [0, 0.1) is 0 Å². The Hall–Kier alpha value is -2.31. The molecule has 0 spiro atoms. The van der Waals surface area contributed by atoms with Crippen molar-refractivity contribution < 1.29 is 4.74 Å². The Morgan fingerprint density at radius 2 is 2.22 bits per heavy atom. The maximum absolute atomic E-state index is 5.84. The number of aromatic nitrogens is 2. The molecule has 1 aromatic carbocycles. The summed E-state index contributed by atoms with van der Waals surface area (Å²) in [5.74, 6) is 1.90. The van der Waals surface area contributed by atoms with Crippen LogP contribution < -0.4 is 20.7 Å². The van der Waals surface area contributed by atoms with Gasteiger partial charge in [-0.25, -0.2) is 4.68 Å². The van der Waals surface area contributed by atoms with Crippen molar-refractivity contribution in [2.24, 2.45) is 0 Å². The van der Waals surface area contributed by atoms with Crippen molar-refractivity contribution in [2.75, 3.05) is 31.6 Å². The van der Waals surface area contributed by atoms with Crippen LogP contribution in [0.15, 0.2) is 36.5 Å². The highest BCUT2D eigenvalue weighted by Gasteiger charge is 2.18. The maximum Gasteiger partial charge on any atom is 0.138 e. The Labute approximate surface area is 135 Å². The van der Waals surface area contributed by atoms with Crippen LogP contribution in [0.25, 0.3) is 17.3 Å². The largest absolute Gasteiger partial charge is 0.492 e. The molecule has 6 nitrogen and oxygen atoms in total. The second-order valence-electron chi connectivity index (χ2n) is 5.75. The molecule has 1 aromatic heterocycles. The van der Waals surface area contributed by atoms with Crippen molar-refractivity contribution in [1.82, 2.24) is 20.4 Å². The highest BCUT2D eigenvalue weighted by Crippen LogP contribution is 2.32. The molecule has 3 heterocycles. The minimum Gasteiger partial charge on any atom is -0.492 e. The van der Waals surface area contributed by atoms with Gasteiger partial charge in [0.05, 0.1) is 12.4 Å². The van der Waals surface area contributed by atoms with E-state index in [9.17, 15) is 0 Å². The van der Waals surface area contributed by atoms with E-state index in [1.165, 1.54) is 0 Å². The van der Waals surface area contributed by atoms with Gasteiger partial charge in [0.2, 0.25) is 0 Å². The number of fused-ring (bicyclic) bond motifs is 4. The molecule has 1 unspecified atom stereocenters. The molecule has 4 bridgehead atoms. The number of hydrogen-bond donors (Lipinski definition) is 3. The van der Waals surface area contributed by atoms with Crippen LogP contribution in [0.1, 0.15) is 6.42 Å². The molecule has 4 rings (SSSR count). The van der Waals surface area contributed by atoms with Crippen molar-refractivity contribution in [3.63, 3.8) is 0 Å². The van der Waals surface area contributed by atoms with E-state index in [1.54, 1.807) is 0 Å². The van der Waals surface area contributed by atoms with Gasteiger partial charge in [-0.2, -0.15) is 5.10 Å². The summed E-state index contributed by atoms with van der Waals surface area (Å²) in [5.41, 5.74) is 2.19. The van der Waals surface area contributed by atoms with E-state index in [0.717, 1.165) is 48.7 Å². The minimum atomic E-state index is 0.127. The van der Waals surface area contributed by atoms with E-state index in [2.05, 4.69) is 39.3 Å². The van der Waals surface area contributed by atoms with Crippen LogP contribution >= 0.6 is 0 Å². The summed E-state index contributed by atoms with van der Waals surface area (Å²) in [5, 5.41) is 14.9. The van der Waals surface area contributed by atoms with Gasteiger partial charge in [0, 0.05) is 18.3 Å². The SMILES string of the molecule is C1=Cn2ncc3c2NC1NCCCNCCOc1cccc-3c1. The molecule has 0 radical (unpaired) electrons. The van der Waals surface area contributed by atoms with Gasteiger partial charge in [-0.3, -0.25) is 5.32 Å². The zero-order valence-electron chi connectivity index (χ0n) is 13.0. The maximum atomic E-state index is 5.84.